The fraction of sp³-hybridized carbons (Fsp3) is 0.400. The molecule has 2 rings (SSSR count). The van der Waals surface area contributed by atoms with E-state index < -0.39 is 0 Å². The maximum absolute atomic E-state index is 11.8. The number of rotatable bonds is 3. The first kappa shape index (κ1) is 11.9. The molecule has 1 aliphatic rings. The fourth-order valence-corrected chi connectivity index (χ4v) is 2.10. The van der Waals surface area contributed by atoms with Gasteiger partial charge in [-0.25, -0.2) is 0 Å². The van der Waals surface area contributed by atoms with Crippen LogP contribution in [-0.2, 0) is 16.0 Å². The predicted molar refractivity (Wildman–Crippen MR) is 67.4 cm³/mol. The average Bonchev–Trinajstić information content (AvgIpc) is 2.33. The zero-order valence-corrected chi connectivity index (χ0v) is 10.2. The summed E-state index contributed by atoms with van der Waals surface area (Å²) < 4.78 is 5.45. The van der Waals surface area contributed by atoms with Gasteiger partial charge in [0.25, 0.3) is 0 Å². The van der Waals surface area contributed by atoms with Crippen molar-refractivity contribution >= 4 is 5.97 Å². The third-order valence-corrected chi connectivity index (χ3v) is 3.11. The maximum atomic E-state index is 11.8. The lowest BCUT2D eigenvalue weighted by Crippen LogP contribution is -2.11. The van der Waals surface area contributed by atoms with Crippen molar-refractivity contribution in [3.05, 3.63) is 47.2 Å². The second-order valence-electron chi connectivity index (χ2n) is 4.55. The molecule has 1 aromatic carbocycles. The van der Waals surface area contributed by atoms with Crippen LogP contribution in [0.2, 0.25) is 0 Å². The largest absolute Gasteiger partial charge is 0.431 e. The topological polar surface area (TPSA) is 26.3 Å². The lowest BCUT2D eigenvalue weighted by molar-refractivity contribution is -0.139. The van der Waals surface area contributed by atoms with Gasteiger partial charge in [-0.1, -0.05) is 30.3 Å². The Morgan fingerprint density at radius 1 is 1.18 bits per heavy atom. The molecule has 0 aliphatic heterocycles. The van der Waals surface area contributed by atoms with E-state index in [4.69, 9.17) is 4.74 Å². The molecule has 1 aromatic rings. The molecule has 0 saturated heterocycles. The monoisotopic (exact) mass is 230 g/mol. The molecule has 0 fully saturated rings. The van der Waals surface area contributed by atoms with Crippen molar-refractivity contribution in [2.24, 2.45) is 0 Å². The second-order valence-corrected chi connectivity index (χ2v) is 4.55. The van der Waals surface area contributed by atoms with Crippen LogP contribution in [0.5, 0.6) is 0 Å². The highest BCUT2D eigenvalue weighted by Crippen LogP contribution is 2.25. The van der Waals surface area contributed by atoms with Crippen LogP contribution in [0.4, 0.5) is 0 Å². The van der Waals surface area contributed by atoms with Gasteiger partial charge in [-0.15, -0.1) is 0 Å². The van der Waals surface area contributed by atoms with Crippen LogP contribution in [0, 0.1) is 0 Å². The Hall–Kier alpha value is -1.57. The summed E-state index contributed by atoms with van der Waals surface area (Å²) >= 11 is 0. The van der Waals surface area contributed by atoms with E-state index in [1.54, 1.807) is 0 Å². The molecule has 0 heterocycles. The van der Waals surface area contributed by atoms with Crippen LogP contribution in [0.25, 0.3) is 0 Å². The van der Waals surface area contributed by atoms with Gasteiger partial charge in [-0.05, 0) is 37.3 Å². The van der Waals surface area contributed by atoms with Crippen LogP contribution in [0.15, 0.2) is 41.7 Å². The Labute approximate surface area is 102 Å². The van der Waals surface area contributed by atoms with E-state index in [0.717, 1.165) is 30.6 Å². The standard InChI is InChI=1S/C15H18O2/c1-12-7-5-6-10-14(12)17-15(16)11-13-8-3-2-4-9-13/h2-4,8-9H,5-7,10-11H2,1H3. The molecule has 1 aliphatic carbocycles. The highest BCUT2D eigenvalue weighted by molar-refractivity contribution is 5.73. The Morgan fingerprint density at radius 3 is 2.59 bits per heavy atom. The van der Waals surface area contributed by atoms with E-state index in [9.17, 15) is 4.79 Å². The summed E-state index contributed by atoms with van der Waals surface area (Å²) in [4.78, 5) is 11.8. The highest BCUT2D eigenvalue weighted by Gasteiger charge is 2.14. The highest BCUT2D eigenvalue weighted by atomic mass is 16.5. The van der Waals surface area contributed by atoms with Crippen molar-refractivity contribution < 1.29 is 9.53 Å². The van der Waals surface area contributed by atoms with Gasteiger partial charge >= 0.3 is 5.97 Å². The molecule has 2 nitrogen and oxygen atoms in total. The first-order chi connectivity index (χ1) is 8.25. The van der Waals surface area contributed by atoms with Crippen LogP contribution in [0.1, 0.15) is 38.2 Å². The molecule has 0 aromatic heterocycles. The quantitative estimate of drug-likeness (QED) is 0.741. The summed E-state index contributed by atoms with van der Waals surface area (Å²) in [6.07, 6.45) is 4.68. The number of benzene rings is 1. The normalized spacial score (nSPS) is 15.8. The van der Waals surface area contributed by atoms with Gasteiger partial charge in [0.2, 0.25) is 0 Å². The summed E-state index contributed by atoms with van der Waals surface area (Å²) in [5.41, 5.74) is 2.24. The number of ether oxygens (including phenoxy) is 1. The summed E-state index contributed by atoms with van der Waals surface area (Å²) in [6.45, 7) is 2.06. The molecule has 0 bridgehead atoms. The molecule has 0 amide bonds. The van der Waals surface area contributed by atoms with Crippen LogP contribution >= 0.6 is 0 Å². The summed E-state index contributed by atoms with van der Waals surface area (Å²) in [7, 11) is 0. The molecule has 0 saturated carbocycles. The van der Waals surface area contributed by atoms with E-state index in [1.807, 2.05) is 30.3 Å². The van der Waals surface area contributed by atoms with E-state index in [1.165, 1.54) is 12.0 Å². The Bertz CT molecular complexity index is 418. The van der Waals surface area contributed by atoms with E-state index >= 15 is 0 Å². The fourth-order valence-electron chi connectivity index (χ4n) is 2.10. The van der Waals surface area contributed by atoms with Crippen LogP contribution in [-0.4, -0.2) is 5.97 Å². The number of hydrogen-bond acceptors (Lipinski definition) is 2. The maximum Gasteiger partial charge on any atom is 0.315 e. The van der Waals surface area contributed by atoms with Gasteiger partial charge in [0.15, 0.2) is 0 Å². The number of allylic oxidation sites excluding steroid dienone is 2. The molecule has 0 spiro atoms. The van der Waals surface area contributed by atoms with E-state index in [-0.39, 0.29) is 5.97 Å². The zero-order valence-electron chi connectivity index (χ0n) is 10.2. The molecule has 0 atom stereocenters. The van der Waals surface area contributed by atoms with Gasteiger partial charge in [0.1, 0.15) is 5.76 Å². The van der Waals surface area contributed by atoms with Crippen molar-refractivity contribution in [3.8, 4) is 0 Å². The smallest absolute Gasteiger partial charge is 0.315 e. The van der Waals surface area contributed by atoms with Gasteiger partial charge in [0.05, 0.1) is 6.42 Å². The van der Waals surface area contributed by atoms with Crippen molar-refractivity contribution in [3.63, 3.8) is 0 Å². The third-order valence-electron chi connectivity index (χ3n) is 3.11. The number of esters is 1. The Balaban J connectivity index is 1.94. The molecule has 17 heavy (non-hydrogen) atoms. The first-order valence-corrected chi connectivity index (χ1v) is 6.19. The summed E-state index contributed by atoms with van der Waals surface area (Å²) in [6, 6.07) is 9.72. The van der Waals surface area contributed by atoms with Crippen molar-refractivity contribution in [1.29, 1.82) is 0 Å². The third kappa shape index (κ3) is 3.45. The molecule has 0 radical (unpaired) electrons. The van der Waals surface area contributed by atoms with Crippen molar-refractivity contribution in [2.75, 3.05) is 0 Å². The summed E-state index contributed by atoms with van der Waals surface area (Å²) in [5, 5.41) is 0. The molecular weight excluding hydrogens is 212 g/mol. The Kier molecular flexibility index (Phi) is 3.97. The van der Waals surface area contributed by atoms with Crippen molar-refractivity contribution in [2.45, 2.75) is 39.0 Å². The number of carbonyl (C=O) groups is 1. The minimum absolute atomic E-state index is 0.146. The van der Waals surface area contributed by atoms with Gasteiger partial charge in [0, 0.05) is 6.42 Å². The average molecular weight is 230 g/mol. The molecular formula is C15H18O2. The van der Waals surface area contributed by atoms with Gasteiger partial charge < -0.3 is 4.74 Å². The van der Waals surface area contributed by atoms with E-state index in [2.05, 4.69) is 6.92 Å². The van der Waals surface area contributed by atoms with Gasteiger partial charge in [-0.3, -0.25) is 4.79 Å². The first-order valence-electron chi connectivity index (χ1n) is 6.19. The van der Waals surface area contributed by atoms with E-state index in [0.29, 0.717) is 6.42 Å². The lowest BCUT2D eigenvalue weighted by atomic mass is 9.99. The molecule has 0 unspecified atom stereocenters. The summed E-state index contributed by atoms with van der Waals surface area (Å²) in [5.74, 6) is 0.754. The SMILES string of the molecule is CC1=C(OC(=O)Cc2ccccc2)CCCC1. The van der Waals surface area contributed by atoms with Crippen LogP contribution in [0.3, 0.4) is 0 Å². The molecule has 2 heteroatoms. The molecule has 0 N–H and O–H groups in total. The molecule has 90 valence electrons. The zero-order chi connectivity index (χ0) is 12.1. The van der Waals surface area contributed by atoms with Crippen molar-refractivity contribution in [1.82, 2.24) is 0 Å². The Morgan fingerprint density at radius 2 is 1.88 bits per heavy atom. The predicted octanol–water partition coefficient (Wildman–Crippen LogP) is 3.62. The lowest BCUT2D eigenvalue weighted by Gasteiger charge is -2.17. The minimum Gasteiger partial charge on any atom is -0.431 e. The number of hydrogen-bond donors (Lipinski definition) is 0. The minimum atomic E-state index is -0.146. The number of carbonyl (C=O) groups excluding carboxylic acids is 1. The van der Waals surface area contributed by atoms with Gasteiger partial charge in [-0.2, -0.15) is 0 Å². The van der Waals surface area contributed by atoms with Crippen LogP contribution < -0.4 is 0 Å². The second kappa shape index (κ2) is 5.67.